The fraction of sp³-hybridized carbons (Fsp3) is 0.200. The minimum Gasteiger partial charge on any atom is -0.381 e. The summed E-state index contributed by atoms with van der Waals surface area (Å²) in [5.41, 5.74) is 2.07. The minimum atomic E-state index is -0.509. The van der Waals surface area contributed by atoms with Crippen LogP contribution in [0.3, 0.4) is 0 Å². The summed E-state index contributed by atoms with van der Waals surface area (Å²) in [5, 5.41) is 13.8. The normalized spacial score (nSPS) is 10.5. The zero-order chi connectivity index (χ0) is 15.6. The van der Waals surface area contributed by atoms with Crippen LogP contribution in [0.5, 0.6) is 0 Å². The van der Waals surface area contributed by atoms with E-state index in [1.165, 1.54) is 6.07 Å². The second-order valence-corrected chi connectivity index (χ2v) is 4.80. The van der Waals surface area contributed by atoms with Crippen LogP contribution in [0, 0.1) is 35.6 Å². The molecule has 0 unspecified atom stereocenters. The Morgan fingerprint density at radius 3 is 2.52 bits per heavy atom. The van der Waals surface area contributed by atoms with Gasteiger partial charge >= 0.3 is 0 Å². The molecule has 2 aromatic rings. The van der Waals surface area contributed by atoms with Gasteiger partial charge in [0.05, 0.1) is 4.92 Å². The van der Waals surface area contributed by atoms with Crippen molar-refractivity contribution in [3.8, 4) is 0 Å². The molecule has 0 saturated carbocycles. The Morgan fingerprint density at radius 2 is 1.86 bits per heavy atom. The fourth-order valence-corrected chi connectivity index (χ4v) is 2.06. The maximum absolute atomic E-state index is 13.5. The maximum atomic E-state index is 13.5. The molecule has 0 aliphatic carbocycles. The lowest BCUT2D eigenvalue weighted by molar-refractivity contribution is -0.385. The molecule has 0 atom stereocenters. The van der Waals surface area contributed by atoms with Gasteiger partial charge in [-0.25, -0.2) is 8.78 Å². The summed E-state index contributed by atoms with van der Waals surface area (Å²) in [6, 6.07) is 6.33. The van der Waals surface area contributed by atoms with Gasteiger partial charge in [-0.2, -0.15) is 0 Å². The Bertz CT molecular complexity index is 702. The molecular weight excluding hydrogens is 278 g/mol. The Kier molecular flexibility index (Phi) is 4.16. The second-order valence-electron chi connectivity index (χ2n) is 4.80. The van der Waals surface area contributed by atoms with E-state index in [0.717, 1.165) is 18.2 Å². The van der Waals surface area contributed by atoms with Crippen LogP contribution in [-0.2, 0) is 6.54 Å². The molecule has 6 heteroatoms. The first-order valence-electron chi connectivity index (χ1n) is 6.32. The number of nitrogens with one attached hydrogen (secondary N) is 1. The van der Waals surface area contributed by atoms with Gasteiger partial charge < -0.3 is 5.32 Å². The first kappa shape index (κ1) is 14.9. The molecule has 2 aromatic carbocycles. The molecule has 0 fully saturated rings. The van der Waals surface area contributed by atoms with E-state index in [1.54, 1.807) is 19.9 Å². The SMILES string of the molecule is Cc1cc([N+](=O)[O-])c(C)cc1NCc1cc(F)ccc1F. The molecule has 21 heavy (non-hydrogen) atoms. The first-order chi connectivity index (χ1) is 9.88. The summed E-state index contributed by atoms with van der Waals surface area (Å²) in [5.74, 6) is -1.01. The largest absolute Gasteiger partial charge is 0.381 e. The second kappa shape index (κ2) is 5.87. The number of rotatable bonds is 4. The van der Waals surface area contributed by atoms with Crippen molar-refractivity contribution in [2.45, 2.75) is 20.4 Å². The van der Waals surface area contributed by atoms with E-state index < -0.39 is 16.6 Å². The Hall–Kier alpha value is -2.50. The Balaban J connectivity index is 2.22. The lowest BCUT2D eigenvalue weighted by atomic mass is 10.1. The number of nitro groups is 1. The maximum Gasteiger partial charge on any atom is 0.272 e. The van der Waals surface area contributed by atoms with Crippen molar-refractivity contribution in [3.05, 3.63) is 68.8 Å². The van der Waals surface area contributed by atoms with Crippen LogP contribution in [0.15, 0.2) is 30.3 Å². The predicted octanol–water partition coefficient (Wildman–Crippen LogP) is 4.10. The molecule has 0 aliphatic rings. The summed E-state index contributed by atoms with van der Waals surface area (Å²) in [6.45, 7) is 3.45. The molecule has 0 heterocycles. The highest BCUT2D eigenvalue weighted by atomic mass is 19.1. The Labute approximate surface area is 120 Å². The fourth-order valence-electron chi connectivity index (χ4n) is 2.06. The van der Waals surface area contributed by atoms with Crippen molar-refractivity contribution < 1.29 is 13.7 Å². The molecule has 110 valence electrons. The quantitative estimate of drug-likeness (QED) is 0.681. The van der Waals surface area contributed by atoms with Crippen molar-refractivity contribution in [2.75, 3.05) is 5.32 Å². The lowest BCUT2D eigenvalue weighted by Crippen LogP contribution is -2.05. The summed E-state index contributed by atoms with van der Waals surface area (Å²) < 4.78 is 26.6. The van der Waals surface area contributed by atoms with E-state index >= 15 is 0 Å². The van der Waals surface area contributed by atoms with Crippen LogP contribution in [0.25, 0.3) is 0 Å². The molecule has 4 nitrogen and oxygen atoms in total. The highest BCUT2D eigenvalue weighted by molar-refractivity contribution is 5.59. The van der Waals surface area contributed by atoms with Crippen LogP contribution in [0.1, 0.15) is 16.7 Å². The monoisotopic (exact) mass is 292 g/mol. The van der Waals surface area contributed by atoms with Gasteiger partial charge in [0.1, 0.15) is 11.6 Å². The molecule has 0 aromatic heterocycles. The molecule has 0 saturated heterocycles. The van der Waals surface area contributed by atoms with Crippen LogP contribution in [-0.4, -0.2) is 4.92 Å². The minimum absolute atomic E-state index is 0.0370. The van der Waals surface area contributed by atoms with Crippen LogP contribution >= 0.6 is 0 Å². The van der Waals surface area contributed by atoms with Gasteiger partial charge in [0.15, 0.2) is 0 Å². The van der Waals surface area contributed by atoms with E-state index in [0.29, 0.717) is 16.8 Å². The third kappa shape index (κ3) is 3.34. The van der Waals surface area contributed by atoms with E-state index in [4.69, 9.17) is 0 Å². The van der Waals surface area contributed by atoms with E-state index in [9.17, 15) is 18.9 Å². The Morgan fingerprint density at radius 1 is 1.14 bits per heavy atom. The average Bonchev–Trinajstić information content (AvgIpc) is 2.42. The number of nitrogens with zero attached hydrogens (tertiary/aromatic N) is 1. The third-order valence-corrected chi connectivity index (χ3v) is 3.22. The molecule has 0 spiro atoms. The number of halogens is 2. The van der Waals surface area contributed by atoms with E-state index in [1.807, 2.05) is 0 Å². The molecule has 0 aliphatic heterocycles. The lowest BCUT2D eigenvalue weighted by Gasteiger charge is -2.11. The number of aryl methyl sites for hydroxylation is 2. The molecule has 1 N–H and O–H groups in total. The molecule has 0 radical (unpaired) electrons. The van der Waals surface area contributed by atoms with Crippen molar-refractivity contribution in [3.63, 3.8) is 0 Å². The zero-order valence-electron chi connectivity index (χ0n) is 11.6. The molecular formula is C15H14F2N2O2. The van der Waals surface area contributed by atoms with Gasteiger partial charge in [0.25, 0.3) is 5.69 Å². The van der Waals surface area contributed by atoms with Crippen molar-refractivity contribution in [1.29, 1.82) is 0 Å². The number of anilines is 1. The number of benzene rings is 2. The van der Waals surface area contributed by atoms with Gasteiger partial charge in [0, 0.05) is 29.4 Å². The summed E-state index contributed by atoms with van der Waals surface area (Å²) in [4.78, 5) is 10.4. The smallest absolute Gasteiger partial charge is 0.272 e. The first-order valence-corrected chi connectivity index (χ1v) is 6.32. The van der Waals surface area contributed by atoms with Gasteiger partial charge in [-0.05, 0) is 43.7 Å². The van der Waals surface area contributed by atoms with Crippen LogP contribution in [0.2, 0.25) is 0 Å². The van der Waals surface area contributed by atoms with Crippen molar-refractivity contribution in [1.82, 2.24) is 0 Å². The number of nitro benzene ring substituents is 1. The zero-order valence-corrected chi connectivity index (χ0v) is 11.6. The van der Waals surface area contributed by atoms with E-state index in [-0.39, 0.29) is 17.8 Å². The highest BCUT2D eigenvalue weighted by Gasteiger charge is 2.13. The average molecular weight is 292 g/mol. The van der Waals surface area contributed by atoms with Gasteiger partial charge in [-0.1, -0.05) is 0 Å². The summed E-state index contributed by atoms with van der Waals surface area (Å²) >= 11 is 0. The van der Waals surface area contributed by atoms with Crippen molar-refractivity contribution in [2.24, 2.45) is 0 Å². The standard InChI is InChI=1S/C15H14F2N2O2/c1-9-6-15(19(20)21)10(2)5-14(9)18-8-11-7-12(16)3-4-13(11)17/h3-7,18H,8H2,1-2H3. The van der Waals surface area contributed by atoms with Gasteiger partial charge in [-0.3, -0.25) is 10.1 Å². The highest BCUT2D eigenvalue weighted by Crippen LogP contribution is 2.26. The van der Waals surface area contributed by atoms with Gasteiger partial charge in [0.2, 0.25) is 0 Å². The summed E-state index contributed by atoms with van der Waals surface area (Å²) in [7, 11) is 0. The topological polar surface area (TPSA) is 55.2 Å². The predicted molar refractivity (Wildman–Crippen MR) is 76.3 cm³/mol. The summed E-state index contributed by atoms with van der Waals surface area (Å²) in [6.07, 6.45) is 0. The molecule has 0 bridgehead atoms. The van der Waals surface area contributed by atoms with Gasteiger partial charge in [-0.15, -0.1) is 0 Å². The van der Waals surface area contributed by atoms with Crippen molar-refractivity contribution >= 4 is 11.4 Å². The number of hydrogen-bond donors (Lipinski definition) is 1. The molecule has 0 amide bonds. The van der Waals surface area contributed by atoms with Crippen LogP contribution in [0.4, 0.5) is 20.2 Å². The van der Waals surface area contributed by atoms with E-state index in [2.05, 4.69) is 5.32 Å². The number of hydrogen-bond acceptors (Lipinski definition) is 3. The van der Waals surface area contributed by atoms with Crippen LogP contribution < -0.4 is 5.32 Å². The molecule has 2 rings (SSSR count). The third-order valence-electron chi connectivity index (χ3n) is 3.22.